The van der Waals surface area contributed by atoms with Gasteiger partial charge in [-0.25, -0.2) is 0 Å². The van der Waals surface area contributed by atoms with Gasteiger partial charge in [0.05, 0.1) is 25.7 Å². The molecule has 4 nitrogen and oxygen atoms in total. The van der Waals surface area contributed by atoms with Crippen LogP contribution in [0.2, 0.25) is 0 Å². The van der Waals surface area contributed by atoms with E-state index in [1.807, 2.05) is 0 Å². The normalized spacial score (nSPS) is 46.7. The smallest absolute Gasteiger partial charge is 0.0996 e. The number of fused-ring (bicyclic) bond motifs is 2. The lowest BCUT2D eigenvalue weighted by atomic mass is 9.57. The topological polar surface area (TPSA) is 24.9 Å². The lowest BCUT2D eigenvalue weighted by Crippen LogP contribution is -2.54. The Kier molecular flexibility index (Phi) is 8.31. The number of nitrogens with zero attached hydrogens (tertiary/aromatic N) is 2. The highest BCUT2D eigenvalue weighted by Crippen LogP contribution is 2.52. The second-order valence-corrected chi connectivity index (χ2v) is 15.4. The van der Waals surface area contributed by atoms with E-state index >= 15 is 0 Å². The van der Waals surface area contributed by atoms with Crippen LogP contribution < -0.4 is 0 Å². The molecule has 37 heavy (non-hydrogen) atoms. The lowest BCUT2D eigenvalue weighted by molar-refractivity contribution is -0.161. The van der Waals surface area contributed by atoms with Crippen LogP contribution in [-0.2, 0) is 9.47 Å². The molecule has 10 atom stereocenters. The highest BCUT2D eigenvalue weighted by molar-refractivity contribution is 4.98. The Hall–Kier alpha value is -0.160. The predicted molar refractivity (Wildman–Crippen MR) is 151 cm³/mol. The van der Waals surface area contributed by atoms with Crippen molar-refractivity contribution in [2.75, 3.05) is 26.6 Å². The summed E-state index contributed by atoms with van der Waals surface area (Å²) in [6.45, 7) is 14.6. The van der Waals surface area contributed by atoms with Gasteiger partial charge >= 0.3 is 0 Å². The van der Waals surface area contributed by atoms with Crippen LogP contribution in [0.5, 0.6) is 0 Å². The molecule has 0 aromatic carbocycles. The second-order valence-electron chi connectivity index (χ2n) is 15.4. The fourth-order valence-corrected chi connectivity index (χ4v) is 10.0. The van der Waals surface area contributed by atoms with Crippen molar-refractivity contribution in [1.82, 2.24) is 9.80 Å². The van der Waals surface area contributed by atoms with Crippen molar-refractivity contribution in [3.05, 3.63) is 0 Å². The van der Waals surface area contributed by atoms with Gasteiger partial charge in [-0.2, -0.15) is 0 Å². The molecule has 6 aliphatic rings. The second kappa shape index (κ2) is 11.4. The number of rotatable bonds is 4. The molecule has 0 aromatic heterocycles. The zero-order valence-corrected chi connectivity index (χ0v) is 24.7. The molecule has 212 valence electrons. The Morgan fingerprint density at radius 2 is 1.03 bits per heavy atom. The molecule has 0 spiro atoms. The highest BCUT2D eigenvalue weighted by atomic mass is 16.5. The van der Waals surface area contributed by atoms with Gasteiger partial charge in [-0.3, -0.25) is 9.80 Å². The van der Waals surface area contributed by atoms with Crippen LogP contribution in [0.1, 0.15) is 118 Å². The maximum Gasteiger partial charge on any atom is 0.0996 e. The van der Waals surface area contributed by atoms with Gasteiger partial charge in [0.15, 0.2) is 0 Å². The van der Waals surface area contributed by atoms with Crippen LogP contribution in [0.15, 0.2) is 0 Å². The van der Waals surface area contributed by atoms with E-state index in [1.54, 1.807) is 0 Å². The third kappa shape index (κ3) is 5.84. The van der Waals surface area contributed by atoms with Gasteiger partial charge in [0.2, 0.25) is 0 Å². The minimum atomic E-state index is 0.430. The number of ether oxygens (including phenoxy) is 2. The van der Waals surface area contributed by atoms with Crippen LogP contribution in [-0.4, -0.2) is 60.6 Å². The Morgan fingerprint density at radius 3 is 1.46 bits per heavy atom. The van der Waals surface area contributed by atoms with Crippen LogP contribution in [0.4, 0.5) is 0 Å². The molecular weight excluding hydrogens is 456 g/mol. The van der Waals surface area contributed by atoms with E-state index in [0.717, 1.165) is 61.1 Å². The maximum atomic E-state index is 6.54. The van der Waals surface area contributed by atoms with Crippen molar-refractivity contribution < 1.29 is 9.47 Å². The third-order valence-electron chi connectivity index (χ3n) is 12.6. The van der Waals surface area contributed by atoms with Crippen LogP contribution in [0.25, 0.3) is 0 Å². The summed E-state index contributed by atoms with van der Waals surface area (Å²) in [7, 11) is 0. The first-order chi connectivity index (χ1) is 17.9. The van der Waals surface area contributed by atoms with E-state index in [1.165, 1.54) is 103 Å². The third-order valence-corrected chi connectivity index (χ3v) is 12.6. The minimum absolute atomic E-state index is 0.430. The molecule has 0 bridgehead atoms. The van der Waals surface area contributed by atoms with Crippen molar-refractivity contribution >= 4 is 0 Å². The summed E-state index contributed by atoms with van der Waals surface area (Å²) in [5, 5.41) is 0. The van der Waals surface area contributed by atoms with Gasteiger partial charge in [0, 0.05) is 25.2 Å². The molecule has 10 unspecified atom stereocenters. The zero-order chi connectivity index (χ0) is 25.6. The zero-order valence-electron chi connectivity index (χ0n) is 24.7. The molecule has 2 saturated heterocycles. The summed E-state index contributed by atoms with van der Waals surface area (Å²) >= 11 is 0. The summed E-state index contributed by atoms with van der Waals surface area (Å²) in [6.07, 6.45) is 20.4. The Morgan fingerprint density at radius 1 is 0.568 bits per heavy atom. The SMILES string of the molecule is CC1CCCC(N2COC3CCC(C(C)(C)C4CCC5OCN(C6CCCC(C)C6)CC5C4)CC3C2)C1. The summed E-state index contributed by atoms with van der Waals surface area (Å²) in [6, 6.07) is 1.55. The van der Waals surface area contributed by atoms with Gasteiger partial charge in [0.1, 0.15) is 0 Å². The van der Waals surface area contributed by atoms with E-state index < -0.39 is 0 Å². The first-order valence-corrected chi connectivity index (χ1v) is 16.6. The average molecular weight is 515 g/mol. The summed E-state index contributed by atoms with van der Waals surface area (Å²) < 4.78 is 13.1. The Labute approximate surface area is 228 Å². The molecule has 6 fully saturated rings. The number of hydrogen-bond donors (Lipinski definition) is 0. The van der Waals surface area contributed by atoms with Gasteiger partial charge < -0.3 is 9.47 Å². The van der Waals surface area contributed by atoms with E-state index in [0.29, 0.717) is 17.6 Å². The molecule has 6 rings (SSSR count). The van der Waals surface area contributed by atoms with Crippen molar-refractivity contribution in [3.63, 3.8) is 0 Å². The van der Waals surface area contributed by atoms with Gasteiger partial charge in [-0.1, -0.05) is 53.4 Å². The number of hydrogen-bond acceptors (Lipinski definition) is 4. The van der Waals surface area contributed by atoms with E-state index in [2.05, 4.69) is 37.5 Å². The summed E-state index contributed by atoms with van der Waals surface area (Å²) in [5.41, 5.74) is 0.430. The van der Waals surface area contributed by atoms with E-state index in [4.69, 9.17) is 9.47 Å². The monoisotopic (exact) mass is 514 g/mol. The fourth-order valence-electron chi connectivity index (χ4n) is 10.0. The Bertz CT molecular complexity index is 697. The molecule has 0 N–H and O–H groups in total. The molecule has 4 aliphatic carbocycles. The van der Waals surface area contributed by atoms with Crippen molar-refractivity contribution in [2.45, 2.75) is 142 Å². The lowest BCUT2D eigenvalue weighted by Gasteiger charge is -2.54. The van der Waals surface area contributed by atoms with E-state index in [9.17, 15) is 0 Å². The first-order valence-electron chi connectivity index (χ1n) is 16.6. The summed E-state index contributed by atoms with van der Waals surface area (Å²) in [4.78, 5) is 5.50. The average Bonchev–Trinajstić information content (AvgIpc) is 2.91. The maximum absolute atomic E-state index is 6.54. The molecule has 4 heteroatoms. The van der Waals surface area contributed by atoms with Gasteiger partial charge in [-0.15, -0.1) is 0 Å². The van der Waals surface area contributed by atoms with Crippen LogP contribution >= 0.6 is 0 Å². The molecule has 0 radical (unpaired) electrons. The molecule has 2 aliphatic heterocycles. The van der Waals surface area contributed by atoms with Gasteiger partial charge in [-0.05, 0) is 105 Å². The van der Waals surface area contributed by atoms with E-state index in [-0.39, 0.29) is 0 Å². The Balaban J connectivity index is 1.06. The quantitative estimate of drug-likeness (QED) is 0.392. The minimum Gasteiger partial charge on any atom is -0.363 e. The van der Waals surface area contributed by atoms with Crippen molar-refractivity contribution in [1.29, 1.82) is 0 Å². The van der Waals surface area contributed by atoms with Crippen LogP contribution in [0, 0.1) is 40.9 Å². The molecule has 2 heterocycles. The fraction of sp³-hybridized carbons (Fsp3) is 1.00. The molecular formula is C33H58N2O2. The predicted octanol–water partition coefficient (Wildman–Crippen LogP) is 7.32. The highest BCUT2D eigenvalue weighted by Gasteiger charge is 2.48. The molecule has 4 saturated carbocycles. The first kappa shape index (κ1) is 27.0. The largest absolute Gasteiger partial charge is 0.363 e. The van der Waals surface area contributed by atoms with Crippen LogP contribution in [0.3, 0.4) is 0 Å². The molecule has 0 amide bonds. The molecule has 0 aromatic rings. The summed E-state index contributed by atoms with van der Waals surface area (Å²) in [5.74, 6) is 4.99. The standard InChI is InChI=1S/C33H58N2O2/c1-23-7-5-9-29(15-23)34-19-25-17-27(11-13-31(25)36-21-34)33(3,4)28-12-14-32-26(18-28)20-35(22-37-32)30-10-6-8-24(2)16-30/h23-32H,5-22H2,1-4H3. The van der Waals surface area contributed by atoms with Crippen molar-refractivity contribution in [3.8, 4) is 0 Å². The van der Waals surface area contributed by atoms with Gasteiger partial charge in [0.25, 0.3) is 0 Å². The van der Waals surface area contributed by atoms with Crippen molar-refractivity contribution in [2.24, 2.45) is 40.9 Å².